The van der Waals surface area contributed by atoms with Crippen LogP contribution in [0.2, 0.25) is 0 Å². The third-order valence-corrected chi connectivity index (χ3v) is 3.94. The molecule has 0 heterocycles. The van der Waals surface area contributed by atoms with Crippen molar-refractivity contribution in [3.8, 4) is 0 Å². The van der Waals surface area contributed by atoms with E-state index < -0.39 is 0 Å². The first kappa shape index (κ1) is 15.0. The molecule has 0 spiro atoms. The summed E-state index contributed by atoms with van der Waals surface area (Å²) in [5.74, 6) is -0.273. The van der Waals surface area contributed by atoms with Crippen LogP contribution >= 0.6 is 12.2 Å². The van der Waals surface area contributed by atoms with E-state index >= 15 is 0 Å². The molecule has 1 aromatic carbocycles. The van der Waals surface area contributed by atoms with Crippen LogP contribution in [0.1, 0.15) is 31.7 Å². The van der Waals surface area contributed by atoms with Gasteiger partial charge in [-0.25, -0.2) is 0 Å². The lowest BCUT2D eigenvalue weighted by Crippen LogP contribution is -2.43. The van der Waals surface area contributed by atoms with Crippen molar-refractivity contribution in [1.29, 1.82) is 0 Å². The number of carbonyl (C=O) groups excluding carboxylic acids is 1. The third kappa shape index (κ3) is 3.79. The van der Waals surface area contributed by atoms with Crippen LogP contribution in [0.15, 0.2) is 30.3 Å². The number of hydrogen-bond acceptors (Lipinski definition) is 2. The van der Waals surface area contributed by atoms with E-state index in [9.17, 15) is 4.79 Å². The third-order valence-electron chi connectivity index (χ3n) is 3.66. The fourth-order valence-corrected chi connectivity index (χ4v) is 2.64. The second kappa shape index (κ2) is 6.84. The van der Waals surface area contributed by atoms with Gasteiger partial charge in [-0.15, -0.1) is 0 Å². The second-order valence-electron chi connectivity index (χ2n) is 5.41. The summed E-state index contributed by atoms with van der Waals surface area (Å²) in [5, 5.41) is 0. The molecular weight excluding hydrogens is 268 g/mol. The molecular formula is C16H22N2OS. The highest BCUT2D eigenvalue weighted by molar-refractivity contribution is 7.80. The normalized spacial score (nSPS) is 15.7. The fourth-order valence-electron chi connectivity index (χ4n) is 2.46. The molecule has 0 radical (unpaired) electrons. The van der Waals surface area contributed by atoms with Crippen LogP contribution in [-0.4, -0.2) is 28.4 Å². The van der Waals surface area contributed by atoms with Gasteiger partial charge in [0.05, 0.1) is 10.9 Å². The first-order valence-electron chi connectivity index (χ1n) is 7.27. The van der Waals surface area contributed by atoms with E-state index in [1.165, 1.54) is 0 Å². The molecule has 1 atom stereocenters. The minimum atomic E-state index is -0.375. The van der Waals surface area contributed by atoms with Crippen LogP contribution in [0.3, 0.4) is 0 Å². The summed E-state index contributed by atoms with van der Waals surface area (Å²) in [4.78, 5) is 15.0. The Kier molecular flexibility index (Phi) is 5.12. The van der Waals surface area contributed by atoms with E-state index in [-0.39, 0.29) is 11.8 Å². The number of nitrogens with zero attached hydrogens (tertiary/aromatic N) is 1. The van der Waals surface area contributed by atoms with Gasteiger partial charge in [0.15, 0.2) is 0 Å². The van der Waals surface area contributed by atoms with Gasteiger partial charge in [-0.3, -0.25) is 4.79 Å². The number of carbonyl (C=O) groups is 1. The average molecular weight is 290 g/mol. The maximum Gasteiger partial charge on any atom is 0.233 e. The number of nitrogens with two attached hydrogens (primary N) is 1. The Bertz CT molecular complexity index is 471. The lowest BCUT2D eigenvalue weighted by molar-refractivity contribution is -0.133. The SMILES string of the molecule is CCCN(C(=O)C(Cc1ccccc1)C(N)=S)C1CC1. The zero-order valence-corrected chi connectivity index (χ0v) is 12.7. The second-order valence-corrected chi connectivity index (χ2v) is 5.88. The van der Waals surface area contributed by atoms with Crippen molar-refractivity contribution in [2.75, 3.05) is 6.54 Å². The lowest BCUT2D eigenvalue weighted by atomic mass is 9.97. The van der Waals surface area contributed by atoms with Crippen molar-refractivity contribution in [3.05, 3.63) is 35.9 Å². The zero-order valence-electron chi connectivity index (χ0n) is 11.9. The first-order valence-corrected chi connectivity index (χ1v) is 7.68. The average Bonchev–Trinajstić information content (AvgIpc) is 3.27. The Hall–Kier alpha value is -1.42. The van der Waals surface area contributed by atoms with Crippen LogP contribution in [0.4, 0.5) is 0 Å². The number of benzene rings is 1. The van der Waals surface area contributed by atoms with Gasteiger partial charge in [0.25, 0.3) is 0 Å². The summed E-state index contributed by atoms with van der Waals surface area (Å²) < 4.78 is 0. The summed E-state index contributed by atoms with van der Waals surface area (Å²) >= 11 is 5.13. The van der Waals surface area contributed by atoms with E-state index in [0.29, 0.717) is 17.5 Å². The van der Waals surface area contributed by atoms with Gasteiger partial charge in [0, 0.05) is 12.6 Å². The molecule has 0 saturated heterocycles. The van der Waals surface area contributed by atoms with Crippen LogP contribution < -0.4 is 5.73 Å². The van der Waals surface area contributed by atoms with Gasteiger partial charge in [0.1, 0.15) is 0 Å². The molecule has 1 aromatic rings. The van der Waals surface area contributed by atoms with Crippen LogP contribution in [0.5, 0.6) is 0 Å². The predicted octanol–water partition coefficient (Wildman–Crippen LogP) is 2.53. The zero-order chi connectivity index (χ0) is 14.5. The van der Waals surface area contributed by atoms with Crippen LogP contribution in [-0.2, 0) is 11.2 Å². The number of thiocarbonyl (C=S) groups is 1. The maximum absolute atomic E-state index is 12.7. The maximum atomic E-state index is 12.7. The van der Waals surface area contributed by atoms with Crippen molar-refractivity contribution in [3.63, 3.8) is 0 Å². The molecule has 2 N–H and O–H groups in total. The van der Waals surface area contributed by atoms with Gasteiger partial charge in [-0.1, -0.05) is 49.5 Å². The highest BCUT2D eigenvalue weighted by Crippen LogP contribution is 2.29. The molecule has 1 aliphatic carbocycles. The highest BCUT2D eigenvalue weighted by atomic mass is 32.1. The number of amides is 1. The van der Waals surface area contributed by atoms with E-state index in [4.69, 9.17) is 18.0 Å². The molecule has 20 heavy (non-hydrogen) atoms. The summed E-state index contributed by atoms with van der Waals surface area (Å²) in [5.41, 5.74) is 6.93. The van der Waals surface area contributed by atoms with Crippen molar-refractivity contribution in [2.24, 2.45) is 11.7 Å². The minimum absolute atomic E-state index is 0.103. The number of hydrogen-bond donors (Lipinski definition) is 1. The summed E-state index contributed by atoms with van der Waals surface area (Å²) in [6.07, 6.45) is 3.79. The van der Waals surface area contributed by atoms with Gasteiger partial charge in [-0.05, 0) is 31.2 Å². The van der Waals surface area contributed by atoms with Gasteiger partial charge >= 0.3 is 0 Å². The number of rotatable bonds is 7. The van der Waals surface area contributed by atoms with Crippen molar-refractivity contribution in [2.45, 2.75) is 38.6 Å². The van der Waals surface area contributed by atoms with Gasteiger partial charge in [-0.2, -0.15) is 0 Å². The Morgan fingerprint density at radius 2 is 2.05 bits per heavy atom. The Morgan fingerprint density at radius 1 is 1.40 bits per heavy atom. The predicted molar refractivity (Wildman–Crippen MR) is 85.4 cm³/mol. The van der Waals surface area contributed by atoms with E-state index in [1.54, 1.807) is 0 Å². The van der Waals surface area contributed by atoms with E-state index in [0.717, 1.165) is 31.4 Å². The molecule has 1 fully saturated rings. The summed E-state index contributed by atoms with van der Waals surface area (Å²) in [6.45, 7) is 2.90. The lowest BCUT2D eigenvalue weighted by Gasteiger charge is -2.26. The Balaban J connectivity index is 2.10. The molecule has 2 rings (SSSR count). The first-order chi connectivity index (χ1) is 9.63. The molecule has 1 amide bonds. The topological polar surface area (TPSA) is 46.3 Å². The summed E-state index contributed by atoms with van der Waals surface area (Å²) in [6, 6.07) is 10.4. The molecule has 1 aliphatic rings. The van der Waals surface area contributed by atoms with E-state index in [1.807, 2.05) is 35.2 Å². The monoisotopic (exact) mass is 290 g/mol. The summed E-state index contributed by atoms with van der Waals surface area (Å²) in [7, 11) is 0. The highest BCUT2D eigenvalue weighted by Gasteiger charge is 2.36. The molecule has 0 aliphatic heterocycles. The van der Waals surface area contributed by atoms with Crippen LogP contribution in [0, 0.1) is 5.92 Å². The van der Waals surface area contributed by atoms with Crippen molar-refractivity contribution in [1.82, 2.24) is 4.90 Å². The quantitative estimate of drug-likeness (QED) is 0.785. The molecule has 108 valence electrons. The molecule has 1 unspecified atom stereocenters. The Labute approximate surface area is 126 Å². The van der Waals surface area contributed by atoms with E-state index in [2.05, 4.69) is 6.92 Å². The fraction of sp³-hybridized carbons (Fsp3) is 0.500. The minimum Gasteiger partial charge on any atom is -0.393 e. The molecule has 0 aromatic heterocycles. The smallest absolute Gasteiger partial charge is 0.233 e. The largest absolute Gasteiger partial charge is 0.393 e. The van der Waals surface area contributed by atoms with Gasteiger partial charge in [0.2, 0.25) is 5.91 Å². The molecule has 4 heteroatoms. The van der Waals surface area contributed by atoms with Crippen LogP contribution in [0.25, 0.3) is 0 Å². The standard InChI is InChI=1S/C16H22N2OS/c1-2-10-18(13-8-9-13)16(19)14(15(17)20)11-12-6-4-3-5-7-12/h3-7,13-14H,2,8-11H2,1H3,(H2,17,20). The van der Waals surface area contributed by atoms with Crippen molar-refractivity contribution >= 4 is 23.1 Å². The Morgan fingerprint density at radius 3 is 2.55 bits per heavy atom. The molecule has 0 bridgehead atoms. The van der Waals surface area contributed by atoms with Crippen molar-refractivity contribution < 1.29 is 4.79 Å². The van der Waals surface area contributed by atoms with Gasteiger partial charge < -0.3 is 10.6 Å². The molecule has 1 saturated carbocycles. The molecule has 3 nitrogen and oxygen atoms in total.